The molecule has 1 heterocycles. The first-order valence-corrected chi connectivity index (χ1v) is 8.68. The Labute approximate surface area is 158 Å². The molecule has 3 rings (SSSR count). The van der Waals surface area contributed by atoms with Gasteiger partial charge in [0.15, 0.2) is 5.17 Å². The van der Waals surface area contributed by atoms with Crippen LogP contribution in [0, 0.1) is 10.1 Å². The minimum atomic E-state index is -0.446. The van der Waals surface area contributed by atoms with E-state index in [0.717, 1.165) is 0 Å². The molecule has 8 heteroatoms. The predicted octanol–water partition coefficient (Wildman–Crippen LogP) is 4.70. The van der Waals surface area contributed by atoms with Crippen LogP contribution in [0.3, 0.4) is 0 Å². The monoisotopic (exact) mass is 385 g/mol. The maximum Gasteiger partial charge on any atom is 0.276 e. The largest absolute Gasteiger partial charge is 0.300 e. The molecule has 0 atom stereocenters. The van der Waals surface area contributed by atoms with Gasteiger partial charge in [0, 0.05) is 6.07 Å². The second kappa shape index (κ2) is 7.99. The highest BCUT2D eigenvalue weighted by Crippen LogP contribution is 2.29. The predicted molar refractivity (Wildman–Crippen MR) is 104 cm³/mol. The molecule has 1 aliphatic rings. The fourth-order valence-corrected chi connectivity index (χ4v) is 3.15. The molecule has 2 aromatic carbocycles. The number of amides is 1. The van der Waals surface area contributed by atoms with Crippen LogP contribution in [0.2, 0.25) is 5.02 Å². The molecule has 0 saturated carbocycles. The summed E-state index contributed by atoms with van der Waals surface area (Å²) in [6.45, 7) is 0. The van der Waals surface area contributed by atoms with E-state index in [4.69, 9.17) is 11.6 Å². The zero-order chi connectivity index (χ0) is 18.5. The molecule has 0 aliphatic carbocycles. The number of hydrogen-bond donors (Lipinski definition) is 1. The van der Waals surface area contributed by atoms with Crippen LogP contribution >= 0.6 is 23.4 Å². The Kier molecular flexibility index (Phi) is 5.50. The molecule has 0 unspecified atom stereocenters. The number of carbonyl (C=O) groups excluding carboxylic acids is 1. The van der Waals surface area contributed by atoms with E-state index in [1.54, 1.807) is 60.7 Å². The quantitative estimate of drug-likeness (QED) is 0.469. The third-order valence-corrected chi connectivity index (χ3v) is 4.63. The lowest BCUT2D eigenvalue weighted by Crippen LogP contribution is -2.19. The molecule has 26 heavy (non-hydrogen) atoms. The smallest absolute Gasteiger partial charge is 0.276 e. The number of rotatable bonds is 4. The molecule has 1 N–H and O–H groups in total. The zero-order valence-electron chi connectivity index (χ0n) is 13.3. The molecule has 2 aromatic rings. The van der Waals surface area contributed by atoms with Crippen molar-refractivity contribution in [2.75, 3.05) is 0 Å². The van der Waals surface area contributed by atoms with Crippen LogP contribution in [-0.4, -0.2) is 16.0 Å². The summed E-state index contributed by atoms with van der Waals surface area (Å²) in [5, 5.41) is 14.6. The summed E-state index contributed by atoms with van der Waals surface area (Å²) in [7, 11) is 0. The van der Waals surface area contributed by atoms with Crippen LogP contribution < -0.4 is 5.32 Å². The third kappa shape index (κ3) is 4.19. The maximum absolute atomic E-state index is 12.0. The molecule has 130 valence electrons. The van der Waals surface area contributed by atoms with Gasteiger partial charge >= 0.3 is 0 Å². The number of para-hydroxylation sites is 2. The van der Waals surface area contributed by atoms with Gasteiger partial charge in [-0.3, -0.25) is 14.9 Å². The standard InChI is InChI=1S/C18H12ClN3O3S/c19-13-8-2-3-9-14(13)20-18-21-17(23)16(26-18)11-5-7-12-6-1-4-10-15(12)22(24)25/h1-11H,(H,20,21,23). The summed E-state index contributed by atoms with van der Waals surface area (Å²) in [4.78, 5) is 27.3. The first-order chi connectivity index (χ1) is 12.5. The van der Waals surface area contributed by atoms with E-state index in [1.807, 2.05) is 0 Å². The first-order valence-electron chi connectivity index (χ1n) is 7.49. The molecule has 0 radical (unpaired) electrons. The summed E-state index contributed by atoms with van der Waals surface area (Å²) in [6.07, 6.45) is 4.77. The van der Waals surface area contributed by atoms with Crippen LogP contribution in [-0.2, 0) is 4.79 Å². The number of carbonyl (C=O) groups is 1. The van der Waals surface area contributed by atoms with Gasteiger partial charge in [0.1, 0.15) is 0 Å². The van der Waals surface area contributed by atoms with Crippen LogP contribution in [0.15, 0.2) is 70.6 Å². The average molecular weight is 386 g/mol. The molecule has 0 aromatic heterocycles. The van der Waals surface area contributed by atoms with E-state index < -0.39 is 4.92 Å². The van der Waals surface area contributed by atoms with Gasteiger partial charge < -0.3 is 5.32 Å². The number of nitro groups is 1. The number of nitro benzene ring substituents is 1. The number of amidine groups is 1. The highest BCUT2D eigenvalue weighted by molar-refractivity contribution is 8.18. The van der Waals surface area contributed by atoms with Gasteiger partial charge in [0.25, 0.3) is 11.6 Å². The van der Waals surface area contributed by atoms with Crippen molar-refractivity contribution in [2.45, 2.75) is 0 Å². The number of nitrogens with one attached hydrogen (secondary N) is 1. The van der Waals surface area contributed by atoms with Crippen molar-refractivity contribution < 1.29 is 9.72 Å². The molecular formula is C18H12ClN3O3S. The Hall–Kier alpha value is -2.90. The summed E-state index contributed by atoms with van der Waals surface area (Å²) in [5.74, 6) is -0.284. The van der Waals surface area contributed by atoms with Gasteiger partial charge in [0.05, 0.1) is 26.1 Å². The van der Waals surface area contributed by atoms with Crippen LogP contribution in [0.25, 0.3) is 6.08 Å². The fraction of sp³-hybridized carbons (Fsp3) is 0. The van der Waals surface area contributed by atoms with E-state index in [-0.39, 0.29) is 11.6 Å². The minimum absolute atomic E-state index is 0.00616. The Morgan fingerprint density at radius 1 is 1.15 bits per heavy atom. The van der Waals surface area contributed by atoms with Gasteiger partial charge in [-0.1, -0.05) is 41.9 Å². The second-order valence-corrected chi connectivity index (χ2v) is 6.57. The van der Waals surface area contributed by atoms with Gasteiger partial charge in [-0.25, -0.2) is 4.99 Å². The maximum atomic E-state index is 12.0. The van der Waals surface area contributed by atoms with Crippen molar-refractivity contribution in [1.29, 1.82) is 0 Å². The van der Waals surface area contributed by atoms with E-state index >= 15 is 0 Å². The van der Waals surface area contributed by atoms with Gasteiger partial charge in [-0.05, 0) is 42.1 Å². The SMILES string of the molecule is O=C1NC(=Nc2ccccc2Cl)SC1=CC=Cc1ccccc1[N+](=O)[O-]. The van der Waals surface area contributed by atoms with Crippen molar-refractivity contribution in [2.24, 2.45) is 4.99 Å². The fourth-order valence-electron chi connectivity index (χ4n) is 2.18. The molecule has 0 spiro atoms. The van der Waals surface area contributed by atoms with Crippen molar-refractivity contribution in [3.63, 3.8) is 0 Å². The highest BCUT2D eigenvalue weighted by atomic mass is 35.5. The third-order valence-electron chi connectivity index (χ3n) is 3.38. The highest BCUT2D eigenvalue weighted by Gasteiger charge is 2.23. The topological polar surface area (TPSA) is 84.6 Å². The van der Waals surface area contributed by atoms with E-state index in [9.17, 15) is 14.9 Å². The molecule has 1 amide bonds. The molecule has 6 nitrogen and oxygen atoms in total. The normalized spacial score (nSPS) is 17.2. The summed E-state index contributed by atoms with van der Waals surface area (Å²) >= 11 is 7.23. The summed E-state index contributed by atoms with van der Waals surface area (Å²) < 4.78 is 0. The van der Waals surface area contributed by atoms with Crippen molar-refractivity contribution >= 4 is 51.9 Å². The molecule has 1 fully saturated rings. The summed E-state index contributed by atoms with van der Waals surface area (Å²) in [5.41, 5.74) is 1.03. The molecule has 1 saturated heterocycles. The lowest BCUT2D eigenvalue weighted by atomic mass is 10.1. The van der Waals surface area contributed by atoms with Crippen molar-refractivity contribution in [3.05, 3.63) is 86.3 Å². The molecular weight excluding hydrogens is 374 g/mol. The Morgan fingerprint density at radius 2 is 1.88 bits per heavy atom. The Morgan fingerprint density at radius 3 is 2.65 bits per heavy atom. The first kappa shape index (κ1) is 17.9. The number of aliphatic imine (C=N–C) groups is 1. The van der Waals surface area contributed by atoms with Crippen LogP contribution in [0.5, 0.6) is 0 Å². The average Bonchev–Trinajstić information content (AvgIpc) is 2.97. The van der Waals surface area contributed by atoms with Crippen molar-refractivity contribution in [1.82, 2.24) is 5.32 Å². The van der Waals surface area contributed by atoms with Gasteiger partial charge in [-0.2, -0.15) is 0 Å². The number of allylic oxidation sites excluding steroid dienone is 2. The van der Waals surface area contributed by atoms with Crippen LogP contribution in [0.1, 0.15) is 5.56 Å². The molecule has 0 bridgehead atoms. The number of halogens is 1. The molecule has 1 aliphatic heterocycles. The number of hydrogen-bond acceptors (Lipinski definition) is 5. The van der Waals surface area contributed by atoms with E-state index in [1.165, 1.54) is 17.8 Å². The van der Waals surface area contributed by atoms with Crippen LogP contribution in [0.4, 0.5) is 11.4 Å². The van der Waals surface area contributed by atoms with Gasteiger partial charge in [0.2, 0.25) is 0 Å². The number of nitrogens with zero attached hydrogens (tertiary/aromatic N) is 2. The van der Waals surface area contributed by atoms with Gasteiger partial charge in [-0.15, -0.1) is 0 Å². The minimum Gasteiger partial charge on any atom is -0.300 e. The van der Waals surface area contributed by atoms with Crippen molar-refractivity contribution in [3.8, 4) is 0 Å². The zero-order valence-corrected chi connectivity index (χ0v) is 14.8. The second-order valence-electron chi connectivity index (χ2n) is 5.13. The number of thioether (sulfide) groups is 1. The van der Waals surface area contributed by atoms with E-state index in [2.05, 4.69) is 10.3 Å². The Bertz CT molecular complexity index is 970. The lowest BCUT2D eigenvalue weighted by molar-refractivity contribution is -0.385. The lowest BCUT2D eigenvalue weighted by Gasteiger charge is -1.98. The number of benzene rings is 2. The summed E-state index contributed by atoms with van der Waals surface area (Å²) in [6, 6.07) is 13.4. The van der Waals surface area contributed by atoms with E-state index in [0.29, 0.717) is 26.3 Å². The Balaban J connectivity index is 1.78.